The zero-order chi connectivity index (χ0) is 6.85. The number of hydrogen-bond acceptors (Lipinski definition) is 0. The summed E-state index contributed by atoms with van der Waals surface area (Å²) in [7, 11) is 0. The smallest absolute Gasteiger partial charge is 0.0205 e. The molecule has 48 valence electrons. The van der Waals surface area contributed by atoms with E-state index in [4.69, 9.17) is 0 Å². The van der Waals surface area contributed by atoms with E-state index in [1.807, 2.05) is 0 Å². The quantitative estimate of drug-likeness (QED) is 0.472. The van der Waals surface area contributed by atoms with Crippen LogP contribution in [0.15, 0.2) is 12.1 Å². The van der Waals surface area contributed by atoms with Crippen molar-refractivity contribution in [1.29, 1.82) is 0 Å². The standard InChI is InChI=1S/C6H2F3/c7-4-1-5(8)3-6(9)2-4/h1-2H/q-1. The average molecular weight is 131 g/mol. The maximum absolute atomic E-state index is 11.9. The Kier molecular flexibility index (Phi) is 1.42. The molecule has 0 radical (unpaired) electrons. The fourth-order valence-corrected chi connectivity index (χ4v) is 0.470. The van der Waals surface area contributed by atoms with Crippen LogP contribution in [0.25, 0.3) is 0 Å². The van der Waals surface area contributed by atoms with Gasteiger partial charge in [-0.25, -0.2) is 13.2 Å². The molecule has 0 nitrogen and oxygen atoms in total. The van der Waals surface area contributed by atoms with Gasteiger partial charge in [0.05, 0.1) is 0 Å². The molecule has 3 heteroatoms. The molecule has 0 atom stereocenters. The third-order valence-electron chi connectivity index (χ3n) is 0.768. The second-order valence-corrected chi connectivity index (χ2v) is 1.49. The van der Waals surface area contributed by atoms with Crippen LogP contribution in [-0.4, -0.2) is 0 Å². The first kappa shape index (κ1) is 6.13. The lowest BCUT2D eigenvalue weighted by Crippen LogP contribution is -1.81. The van der Waals surface area contributed by atoms with E-state index in [0.29, 0.717) is 12.1 Å². The first-order chi connectivity index (χ1) is 4.18. The minimum atomic E-state index is -1.02. The maximum atomic E-state index is 11.9. The first-order valence-electron chi connectivity index (χ1n) is 2.22. The van der Waals surface area contributed by atoms with Crippen molar-refractivity contribution < 1.29 is 13.2 Å². The number of hydrogen-bond donors (Lipinski definition) is 0. The molecule has 0 saturated carbocycles. The lowest BCUT2D eigenvalue weighted by Gasteiger charge is -1.98. The second kappa shape index (κ2) is 2.09. The van der Waals surface area contributed by atoms with E-state index in [-0.39, 0.29) is 0 Å². The Morgan fingerprint density at radius 1 is 1.00 bits per heavy atom. The molecule has 0 aliphatic carbocycles. The van der Waals surface area contributed by atoms with Gasteiger partial charge in [0, 0.05) is 17.5 Å². The molecule has 1 rings (SSSR count). The van der Waals surface area contributed by atoms with Gasteiger partial charge in [-0.3, -0.25) is 0 Å². The van der Waals surface area contributed by atoms with E-state index in [2.05, 4.69) is 0 Å². The zero-order valence-electron chi connectivity index (χ0n) is 4.29. The highest BCUT2D eigenvalue weighted by molar-refractivity contribution is 5.05. The van der Waals surface area contributed by atoms with Gasteiger partial charge >= 0.3 is 0 Å². The van der Waals surface area contributed by atoms with Crippen LogP contribution < -0.4 is 0 Å². The summed E-state index contributed by atoms with van der Waals surface area (Å²) in [5.41, 5.74) is 0. The lowest BCUT2D eigenvalue weighted by molar-refractivity contribution is 0.540. The van der Waals surface area contributed by atoms with E-state index in [1.54, 1.807) is 6.07 Å². The summed E-state index contributed by atoms with van der Waals surface area (Å²) in [6.45, 7) is 0. The van der Waals surface area contributed by atoms with Crippen molar-refractivity contribution in [2.75, 3.05) is 0 Å². The number of rotatable bonds is 0. The van der Waals surface area contributed by atoms with Gasteiger partial charge in [-0.1, -0.05) is 0 Å². The third-order valence-corrected chi connectivity index (χ3v) is 0.768. The van der Waals surface area contributed by atoms with Gasteiger partial charge in [-0.15, -0.1) is 18.2 Å². The molecule has 0 spiro atoms. The normalized spacial score (nSPS) is 9.67. The molecule has 0 amide bonds. The largest absolute Gasteiger partial charge is 0.236 e. The molecule has 0 fully saturated rings. The molecule has 0 bridgehead atoms. The van der Waals surface area contributed by atoms with Crippen molar-refractivity contribution in [2.45, 2.75) is 0 Å². The van der Waals surface area contributed by atoms with Crippen molar-refractivity contribution in [3.8, 4) is 0 Å². The van der Waals surface area contributed by atoms with Gasteiger partial charge in [-0.2, -0.15) is 0 Å². The topological polar surface area (TPSA) is 0 Å². The maximum Gasteiger partial charge on any atom is 0.0205 e. The number of benzene rings is 1. The Bertz CT molecular complexity index is 169. The monoisotopic (exact) mass is 131 g/mol. The van der Waals surface area contributed by atoms with E-state index in [1.165, 1.54) is 0 Å². The summed E-state index contributed by atoms with van der Waals surface area (Å²) in [6, 6.07) is 2.75. The van der Waals surface area contributed by atoms with Crippen LogP contribution in [0.2, 0.25) is 0 Å². The van der Waals surface area contributed by atoms with Gasteiger partial charge in [0.15, 0.2) is 0 Å². The minimum absolute atomic E-state index is 0.559. The summed E-state index contributed by atoms with van der Waals surface area (Å²) in [5.74, 6) is -2.97. The first-order valence-corrected chi connectivity index (χ1v) is 2.22. The van der Waals surface area contributed by atoms with Crippen LogP contribution >= 0.6 is 0 Å². The van der Waals surface area contributed by atoms with E-state index >= 15 is 0 Å². The SMILES string of the molecule is Fc1[c-]c(F)cc(F)c1. The van der Waals surface area contributed by atoms with Crippen LogP contribution in [0.3, 0.4) is 0 Å². The zero-order valence-corrected chi connectivity index (χ0v) is 4.29. The molecule has 0 aliphatic heterocycles. The molecule has 0 saturated heterocycles. The minimum Gasteiger partial charge on any atom is -0.236 e. The second-order valence-electron chi connectivity index (χ2n) is 1.49. The Hall–Kier alpha value is -0.990. The Morgan fingerprint density at radius 2 is 1.44 bits per heavy atom. The van der Waals surface area contributed by atoms with Gasteiger partial charge in [0.1, 0.15) is 0 Å². The van der Waals surface area contributed by atoms with Crippen LogP contribution in [0, 0.1) is 23.5 Å². The summed E-state index contributed by atoms with van der Waals surface area (Å²) >= 11 is 0. The fourth-order valence-electron chi connectivity index (χ4n) is 0.470. The average Bonchev–Trinajstić information content (AvgIpc) is 1.59. The highest BCUT2D eigenvalue weighted by atomic mass is 19.1. The van der Waals surface area contributed by atoms with Gasteiger partial charge in [0.2, 0.25) is 0 Å². The third kappa shape index (κ3) is 1.45. The van der Waals surface area contributed by atoms with Crippen LogP contribution in [-0.2, 0) is 0 Å². The molecular formula is C6H2F3-. The van der Waals surface area contributed by atoms with Gasteiger partial charge in [0.25, 0.3) is 0 Å². The molecule has 0 unspecified atom stereocenters. The summed E-state index contributed by atoms with van der Waals surface area (Å²) in [5, 5.41) is 0. The van der Waals surface area contributed by atoms with Crippen molar-refractivity contribution in [3.63, 3.8) is 0 Å². The molecule has 0 aliphatic rings. The Balaban J connectivity index is 3.17. The summed E-state index contributed by atoms with van der Waals surface area (Å²) < 4.78 is 35.7. The van der Waals surface area contributed by atoms with Crippen molar-refractivity contribution in [3.05, 3.63) is 35.7 Å². The number of halogens is 3. The Morgan fingerprint density at radius 3 is 1.78 bits per heavy atom. The molecule has 9 heavy (non-hydrogen) atoms. The molecule has 0 heterocycles. The van der Waals surface area contributed by atoms with Gasteiger partial charge in [-0.05, 0) is 0 Å². The summed E-state index contributed by atoms with van der Waals surface area (Å²) in [6.07, 6.45) is 0. The van der Waals surface area contributed by atoms with Crippen molar-refractivity contribution >= 4 is 0 Å². The van der Waals surface area contributed by atoms with Crippen molar-refractivity contribution in [2.24, 2.45) is 0 Å². The molecular weight excluding hydrogens is 129 g/mol. The molecule has 1 aromatic rings. The van der Waals surface area contributed by atoms with Crippen molar-refractivity contribution in [1.82, 2.24) is 0 Å². The summed E-state index contributed by atoms with van der Waals surface area (Å²) in [4.78, 5) is 0. The predicted molar refractivity (Wildman–Crippen MR) is 25.2 cm³/mol. The van der Waals surface area contributed by atoms with Gasteiger partial charge < -0.3 is 0 Å². The lowest BCUT2D eigenvalue weighted by atomic mass is 10.3. The Labute approximate surface area is 49.9 Å². The predicted octanol–water partition coefficient (Wildman–Crippen LogP) is 1.90. The van der Waals surface area contributed by atoms with Crippen LogP contribution in [0.1, 0.15) is 0 Å². The fraction of sp³-hybridized carbons (Fsp3) is 0. The van der Waals surface area contributed by atoms with Crippen LogP contribution in [0.4, 0.5) is 13.2 Å². The molecule has 1 aromatic carbocycles. The highest BCUT2D eigenvalue weighted by Crippen LogP contribution is 2.03. The highest BCUT2D eigenvalue weighted by Gasteiger charge is 1.86. The van der Waals surface area contributed by atoms with Crippen LogP contribution in [0.5, 0.6) is 0 Å². The van der Waals surface area contributed by atoms with E-state index in [9.17, 15) is 13.2 Å². The molecule has 0 aromatic heterocycles. The van der Waals surface area contributed by atoms with E-state index < -0.39 is 17.5 Å². The van der Waals surface area contributed by atoms with E-state index in [0.717, 1.165) is 0 Å². The molecule has 0 N–H and O–H groups in total.